The Labute approximate surface area is 96.6 Å². The topological polar surface area (TPSA) is 35.2 Å². The van der Waals surface area contributed by atoms with Gasteiger partial charge in [-0.2, -0.15) is 0 Å². The number of hydrogen-bond donors (Lipinski definition) is 1. The maximum atomic E-state index is 13.5. The van der Waals surface area contributed by atoms with Crippen LogP contribution in [0.3, 0.4) is 0 Å². The van der Waals surface area contributed by atoms with Crippen molar-refractivity contribution in [3.05, 3.63) is 29.6 Å². The molecule has 2 N–H and O–H groups in total. The molecule has 0 aliphatic rings. The minimum atomic E-state index is -0.317. The van der Waals surface area contributed by atoms with Crippen molar-refractivity contribution < 1.29 is 9.13 Å². The van der Waals surface area contributed by atoms with Gasteiger partial charge in [-0.3, -0.25) is 0 Å². The summed E-state index contributed by atoms with van der Waals surface area (Å²) in [6, 6.07) is 5.08. The fraction of sp³-hybridized carbons (Fsp3) is 0.538. The second-order valence-corrected chi connectivity index (χ2v) is 4.46. The molecule has 0 saturated carbocycles. The number of halogens is 1. The lowest BCUT2D eigenvalue weighted by Crippen LogP contribution is -2.14. The molecule has 1 aromatic carbocycles. The van der Waals surface area contributed by atoms with Crippen LogP contribution in [0.1, 0.15) is 31.7 Å². The third-order valence-electron chi connectivity index (χ3n) is 2.69. The van der Waals surface area contributed by atoms with Gasteiger partial charge in [0, 0.05) is 0 Å². The van der Waals surface area contributed by atoms with Gasteiger partial charge < -0.3 is 10.5 Å². The molecule has 90 valence electrons. The van der Waals surface area contributed by atoms with Gasteiger partial charge in [0.05, 0.1) is 7.11 Å². The van der Waals surface area contributed by atoms with Gasteiger partial charge in [-0.15, -0.1) is 0 Å². The minimum absolute atomic E-state index is 0.223. The largest absolute Gasteiger partial charge is 0.494 e. The van der Waals surface area contributed by atoms with Crippen LogP contribution < -0.4 is 10.5 Å². The Morgan fingerprint density at radius 2 is 2.06 bits per heavy atom. The maximum Gasteiger partial charge on any atom is 0.165 e. The fourth-order valence-electron chi connectivity index (χ4n) is 1.87. The average Bonchev–Trinajstić information content (AvgIpc) is 2.25. The van der Waals surface area contributed by atoms with Gasteiger partial charge in [0.25, 0.3) is 0 Å². The van der Waals surface area contributed by atoms with Crippen molar-refractivity contribution in [2.45, 2.75) is 26.2 Å². The molecule has 0 bridgehead atoms. The molecule has 0 aromatic heterocycles. The molecule has 1 unspecified atom stereocenters. The highest BCUT2D eigenvalue weighted by Crippen LogP contribution is 2.26. The molecule has 1 aromatic rings. The van der Waals surface area contributed by atoms with E-state index in [1.165, 1.54) is 13.2 Å². The summed E-state index contributed by atoms with van der Waals surface area (Å²) in [7, 11) is 1.46. The van der Waals surface area contributed by atoms with E-state index in [2.05, 4.69) is 13.8 Å². The molecule has 0 fully saturated rings. The molecular weight excluding hydrogens is 205 g/mol. The monoisotopic (exact) mass is 225 g/mol. The summed E-state index contributed by atoms with van der Waals surface area (Å²) in [4.78, 5) is 0. The summed E-state index contributed by atoms with van der Waals surface area (Å²) in [6.07, 6.45) is 0.974. The molecule has 0 heterocycles. The Kier molecular flexibility index (Phi) is 4.74. The van der Waals surface area contributed by atoms with E-state index < -0.39 is 0 Å². The standard InChI is InChI=1S/C13H20FNO/c1-9(2)6-11(8-15)10-4-5-13(16-3)12(14)7-10/h4-5,7,9,11H,6,8,15H2,1-3H3. The van der Waals surface area contributed by atoms with Gasteiger partial charge in [-0.25, -0.2) is 4.39 Å². The molecule has 2 nitrogen and oxygen atoms in total. The van der Waals surface area contributed by atoms with Gasteiger partial charge in [0.1, 0.15) is 0 Å². The third-order valence-corrected chi connectivity index (χ3v) is 2.69. The summed E-state index contributed by atoms with van der Waals surface area (Å²) in [5.41, 5.74) is 6.67. The van der Waals surface area contributed by atoms with Crippen molar-refractivity contribution in [1.82, 2.24) is 0 Å². The average molecular weight is 225 g/mol. The summed E-state index contributed by atoms with van der Waals surface area (Å²) >= 11 is 0. The van der Waals surface area contributed by atoms with E-state index in [1.807, 2.05) is 6.07 Å². The highest BCUT2D eigenvalue weighted by Gasteiger charge is 2.14. The Morgan fingerprint density at radius 1 is 1.38 bits per heavy atom. The first-order valence-electron chi connectivity index (χ1n) is 5.62. The number of hydrogen-bond acceptors (Lipinski definition) is 2. The molecule has 3 heteroatoms. The Balaban J connectivity index is 2.89. The number of ether oxygens (including phenoxy) is 1. The van der Waals surface area contributed by atoms with Crippen LogP contribution in [-0.2, 0) is 0 Å². The van der Waals surface area contributed by atoms with E-state index in [0.29, 0.717) is 12.5 Å². The molecule has 0 aliphatic heterocycles. The minimum Gasteiger partial charge on any atom is -0.494 e. The number of nitrogens with two attached hydrogens (primary N) is 1. The first kappa shape index (κ1) is 13.0. The quantitative estimate of drug-likeness (QED) is 0.836. The predicted molar refractivity (Wildman–Crippen MR) is 64.2 cm³/mol. The van der Waals surface area contributed by atoms with Crippen LogP contribution >= 0.6 is 0 Å². The highest BCUT2D eigenvalue weighted by atomic mass is 19.1. The summed E-state index contributed by atoms with van der Waals surface area (Å²) in [5, 5.41) is 0. The second-order valence-electron chi connectivity index (χ2n) is 4.46. The first-order valence-corrected chi connectivity index (χ1v) is 5.62. The molecule has 0 saturated heterocycles. The van der Waals surface area contributed by atoms with Gasteiger partial charge >= 0.3 is 0 Å². The van der Waals surface area contributed by atoms with Crippen LogP contribution in [0.5, 0.6) is 5.75 Å². The van der Waals surface area contributed by atoms with Crippen LogP contribution in [0.4, 0.5) is 4.39 Å². The van der Waals surface area contributed by atoms with Crippen LogP contribution in [0, 0.1) is 11.7 Å². The highest BCUT2D eigenvalue weighted by molar-refractivity contribution is 5.31. The molecule has 0 spiro atoms. The summed E-state index contributed by atoms with van der Waals surface area (Å²) in [6.45, 7) is 4.83. The van der Waals surface area contributed by atoms with Crippen LogP contribution in [0.15, 0.2) is 18.2 Å². The Morgan fingerprint density at radius 3 is 2.50 bits per heavy atom. The van der Waals surface area contributed by atoms with Crippen molar-refractivity contribution >= 4 is 0 Å². The lowest BCUT2D eigenvalue weighted by atomic mass is 9.90. The van der Waals surface area contributed by atoms with E-state index in [4.69, 9.17) is 10.5 Å². The number of methoxy groups -OCH3 is 1. The summed E-state index contributed by atoms with van der Waals surface area (Å²) < 4.78 is 18.4. The first-order chi connectivity index (χ1) is 7.58. The molecule has 0 amide bonds. The van der Waals surface area contributed by atoms with Crippen LogP contribution in [-0.4, -0.2) is 13.7 Å². The van der Waals surface area contributed by atoms with Crippen LogP contribution in [0.2, 0.25) is 0 Å². The molecule has 1 rings (SSSR count). The van der Waals surface area contributed by atoms with Crippen molar-refractivity contribution in [3.63, 3.8) is 0 Å². The second kappa shape index (κ2) is 5.85. The normalized spacial score (nSPS) is 12.9. The van der Waals surface area contributed by atoms with E-state index in [-0.39, 0.29) is 17.5 Å². The molecule has 1 atom stereocenters. The SMILES string of the molecule is COc1ccc(C(CN)CC(C)C)cc1F. The Bertz CT molecular complexity index is 339. The zero-order valence-corrected chi connectivity index (χ0v) is 10.2. The van der Waals surface area contributed by atoms with Gasteiger partial charge in [0.2, 0.25) is 0 Å². The smallest absolute Gasteiger partial charge is 0.165 e. The van der Waals surface area contributed by atoms with Gasteiger partial charge in [-0.05, 0) is 42.5 Å². The lowest BCUT2D eigenvalue weighted by molar-refractivity contribution is 0.385. The molecule has 16 heavy (non-hydrogen) atoms. The fourth-order valence-corrected chi connectivity index (χ4v) is 1.87. The lowest BCUT2D eigenvalue weighted by Gasteiger charge is -2.18. The van der Waals surface area contributed by atoms with Crippen molar-refractivity contribution in [2.75, 3.05) is 13.7 Å². The van der Waals surface area contributed by atoms with E-state index in [0.717, 1.165) is 12.0 Å². The predicted octanol–water partition coefficient (Wildman–Crippen LogP) is 2.92. The zero-order chi connectivity index (χ0) is 12.1. The van der Waals surface area contributed by atoms with Crippen LogP contribution in [0.25, 0.3) is 0 Å². The number of benzene rings is 1. The number of rotatable bonds is 5. The van der Waals surface area contributed by atoms with Crippen molar-refractivity contribution in [3.8, 4) is 5.75 Å². The molecular formula is C13H20FNO. The van der Waals surface area contributed by atoms with Gasteiger partial charge in [0.15, 0.2) is 11.6 Å². The Hall–Kier alpha value is -1.09. The third kappa shape index (κ3) is 3.20. The van der Waals surface area contributed by atoms with Crippen molar-refractivity contribution in [1.29, 1.82) is 0 Å². The molecule has 0 radical (unpaired) electrons. The van der Waals surface area contributed by atoms with Crippen molar-refractivity contribution in [2.24, 2.45) is 11.7 Å². The van der Waals surface area contributed by atoms with E-state index in [9.17, 15) is 4.39 Å². The zero-order valence-electron chi connectivity index (χ0n) is 10.2. The van der Waals surface area contributed by atoms with E-state index >= 15 is 0 Å². The van der Waals surface area contributed by atoms with Gasteiger partial charge in [-0.1, -0.05) is 19.9 Å². The van der Waals surface area contributed by atoms with E-state index in [1.54, 1.807) is 6.07 Å². The maximum absolute atomic E-state index is 13.5. The summed E-state index contributed by atoms with van der Waals surface area (Å²) in [5.74, 6) is 0.741. The molecule has 0 aliphatic carbocycles.